The minimum absolute atomic E-state index is 0.260. The second-order valence-electron chi connectivity index (χ2n) is 6.45. The number of aryl methyl sites for hydroxylation is 2. The van der Waals surface area contributed by atoms with Gasteiger partial charge in [0.05, 0.1) is 5.54 Å². The number of rotatable bonds is 7. The molecule has 1 aliphatic rings. The van der Waals surface area contributed by atoms with Crippen molar-refractivity contribution in [2.24, 2.45) is 10.9 Å². The van der Waals surface area contributed by atoms with Gasteiger partial charge in [-0.05, 0) is 49.6 Å². The van der Waals surface area contributed by atoms with Gasteiger partial charge in [0.1, 0.15) is 5.82 Å². The van der Waals surface area contributed by atoms with Crippen molar-refractivity contribution >= 4 is 12.5 Å². The van der Waals surface area contributed by atoms with E-state index in [1.165, 1.54) is 0 Å². The molecule has 2 aromatic rings. The summed E-state index contributed by atoms with van der Waals surface area (Å²) in [5, 5.41) is 3.58. The van der Waals surface area contributed by atoms with Gasteiger partial charge in [0.25, 0.3) is 0 Å². The molecule has 1 saturated carbocycles. The molecule has 1 heterocycles. The van der Waals surface area contributed by atoms with Gasteiger partial charge in [-0.2, -0.15) is 0 Å². The highest BCUT2D eigenvalue weighted by molar-refractivity contribution is 5.61. The number of nitrogens with zero attached hydrogens (tertiary/aromatic N) is 3. The molecule has 2 N–H and O–H groups in total. The molecular formula is C21H24N4O. The van der Waals surface area contributed by atoms with Gasteiger partial charge in [-0.3, -0.25) is 0 Å². The second-order valence-corrected chi connectivity index (χ2v) is 6.45. The van der Waals surface area contributed by atoms with Crippen LogP contribution in [0.2, 0.25) is 0 Å². The summed E-state index contributed by atoms with van der Waals surface area (Å²) in [6.45, 7) is 6.37. The van der Waals surface area contributed by atoms with Gasteiger partial charge in [0.2, 0.25) is 0 Å². The summed E-state index contributed by atoms with van der Waals surface area (Å²) in [5.41, 5.74) is 7.63. The number of hydrogen-bond acceptors (Lipinski definition) is 4. The first-order valence-electron chi connectivity index (χ1n) is 8.89. The molecular weight excluding hydrogens is 324 g/mol. The number of imidazole rings is 1. The Labute approximate surface area is 154 Å². The summed E-state index contributed by atoms with van der Waals surface area (Å²) in [6, 6.07) is 7.90. The first-order chi connectivity index (χ1) is 12.6. The van der Waals surface area contributed by atoms with Gasteiger partial charge >= 0.3 is 0 Å². The van der Waals surface area contributed by atoms with E-state index >= 15 is 0 Å². The minimum Gasteiger partial charge on any atom is -0.357 e. The molecule has 1 aromatic heterocycles. The molecule has 0 bridgehead atoms. The van der Waals surface area contributed by atoms with Crippen molar-refractivity contribution in [2.75, 3.05) is 0 Å². The normalized spacial score (nSPS) is 15.1. The van der Waals surface area contributed by atoms with E-state index in [1.54, 1.807) is 0 Å². The van der Waals surface area contributed by atoms with Gasteiger partial charge in [0.15, 0.2) is 5.76 Å². The van der Waals surface area contributed by atoms with Gasteiger partial charge in [-0.1, -0.05) is 23.9 Å². The molecule has 1 fully saturated rings. The Morgan fingerprint density at radius 2 is 2.19 bits per heavy atom. The van der Waals surface area contributed by atoms with Crippen molar-refractivity contribution < 1.29 is 4.84 Å². The highest BCUT2D eigenvalue weighted by atomic mass is 16.6. The first kappa shape index (κ1) is 18.0. The second kappa shape index (κ2) is 8.03. The number of hydrogen-bond donors (Lipinski definition) is 1. The lowest BCUT2D eigenvalue weighted by Crippen LogP contribution is -2.18. The lowest BCUT2D eigenvalue weighted by atomic mass is 10.1. The van der Waals surface area contributed by atoms with Crippen molar-refractivity contribution in [3.05, 3.63) is 59.7 Å². The quantitative estimate of drug-likeness (QED) is 0.361. The third kappa shape index (κ3) is 4.62. The van der Waals surface area contributed by atoms with Crippen LogP contribution in [0.1, 0.15) is 43.1 Å². The Morgan fingerprint density at radius 1 is 1.42 bits per heavy atom. The number of benzene rings is 1. The van der Waals surface area contributed by atoms with Gasteiger partial charge in [0, 0.05) is 43.2 Å². The van der Waals surface area contributed by atoms with Crippen LogP contribution >= 0.6 is 0 Å². The fraction of sp³-hybridized carbons (Fsp3) is 0.333. The van der Waals surface area contributed by atoms with Crippen LogP contribution in [0, 0.1) is 11.8 Å². The number of oxime groups is 1. The molecule has 0 radical (unpaired) electrons. The average molecular weight is 348 g/mol. The molecule has 5 nitrogen and oxygen atoms in total. The number of nitrogens with two attached hydrogens (primary N) is 1. The van der Waals surface area contributed by atoms with Crippen molar-refractivity contribution in [1.29, 1.82) is 0 Å². The summed E-state index contributed by atoms with van der Waals surface area (Å²) in [7, 11) is 0. The van der Waals surface area contributed by atoms with E-state index in [9.17, 15) is 0 Å². The SMILES string of the molecule is C=NO/C(=C\CCn1ccnc1CC)c1ccc(C#CC2(N)CC2)cc1. The molecule has 26 heavy (non-hydrogen) atoms. The van der Waals surface area contributed by atoms with Crippen LogP contribution in [0.5, 0.6) is 0 Å². The van der Waals surface area contributed by atoms with Crippen molar-refractivity contribution in [3.8, 4) is 11.8 Å². The summed E-state index contributed by atoms with van der Waals surface area (Å²) >= 11 is 0. The predicted octanol–water partition coefficient (Wildman–Crippen LogP) is 3.35. The van der Waals surface area contributed by atoms with Crippen LogP contribution < -0.4 is 5.73 Å². The molecule has 0 amide bonds. The van der Waals surface area contributed by atoms with Crippen LogP contribution in [0.15, 0.2) is 47.9 Å². The van der Waals surface area contributed by atoms with Crippen LogP contribution in [0.25, 0.3) is 5.76 Å². The first-order valence-corrected chi connectivity index (χ1v) is 8.89. The zero-order chi connectivity index (χ0) is 18.4. The fourth-order valence-electron chi connectivity index (χ4n) is 2.64. The van der Waals surface area contributed by atoms with E-state index < -0.39 is 0 Å². The van der Waals surface area contributed by atoms with Crippen LogP contribution in [-0.2, 0) is 17.8 Å². The summed E-state index contributed by atoms with van der Waals surface area (Å²) in [4.78, 5) is 9.70. The standard InChI is InChI=1S/C21H24N4O/c1-3-20-24-14-16-25(20)15-4-5-19(26-23-2)18-8-6-17(7-9-18)10-11-21(22)12-13-21/h5-9,14,16H,2-4,12-13,15,22H2,1H3/b19-5-. The summed E-state index contributed by atoms with van der Waals surface area (Å²) < 4.78 is 2.15. The fourth-order valence-corrected chi connectivity index (χ4v) is 2.64. The van der Waals surface area contributed by atoms with E-state index in [2.05, 4.69) is 40.2 Å². The van der Waals surface area contributed by atoms with Gasteiger partial charge in [-0.25, -0.2) is 4.98 Å². The van der Waals surface area contributed by atoms with E-state index in [1.807, 2.05) is 42.7 Å². The van der Waals surface area contributed by atoms with E-state index in [0.717, 1.165) is 49.2 Å². The molecule has 0 unspecified atom stereocenters. The third-order valence-electron chi connectivity index (χ3n) is 4.39. The Morgan fingerprint density at radius 3 is 2.85 bits per heavy atom. The van der Waals surface area contributed by atoms with Crippen LogP contribution in [-0.4, -0.2) is 21.8 Å². The van der Waals surface area contributed by atoms with Gasteiger partial charge in [-0.15, -0.1) is 0 Å². The van der Waals surface area contributed by atoms with E-state index in [4.69, 9.17) is 10.6 Å². The molecule has 0 atom stereocenters. The van der Waals surface area contributed by atoms with Gasteiger partial charge < -0.3 is 15.1 Å². The molecule has 1 aromatic carbocycles. The monoisotopic (exact) mass is 348 g/mol. The molecule has 0 saturated heterocycles. The maximum Gasteiger partial charge on any atom is 0.161 e. The zero-order valence-electron chi connectivity index (χ0n) is 15.1. The largest absolute Gasteiger partial charge is 0.357 e. The molecule has 0 aliphatic heterocycles. The number of allylic oxidation sites excluding steroid dienone is 1. The molecule has 134 valence electrons. The lowest BCUT2D eigenvalue weighted by molar-refractivity contribution is 0.300. The summed E-state index contributed by atoms with van der Waals surface area (Å²) in [6.07, 6.45) is 9.55. The highest BCUT2D eigenvalue weighted by Crippen LogP contribution is 2.31. The van der Waals surface area contributed by atoms with Crippen molar-refractivity contribution in [3.63, 3.8) is 0 Å². The average Bonchev–Trinajstić information content (AvgIpc) is 3.22. The Bertz CT molecular complexity index is 848. The lowest BCUT2D eigenvalue weighted by Gasteiger charge is -2.07. The van der Waals surface area contributed by atoms with E-state index in [-0.39, 0.29) is 5.54 Å². The molecule has 5 heteroatoms. The minimum atomic E-state index is -0.260. The third-order valence-corrected chi connectivity index (χ3v) is 4.39. The van der Waals surface area contributed by atoms with Crippen LogP contribution in [0.4, 0.5) is 0 Å². The Kier molecular flexibility index (Phi) is 5.55. The van der Waals surface area contributed by atoms with Crippen LogP contribution in [0.3, 0.4) is 0 Å². The number of aromatic nitrogens is 2. The van der Waals surface area contributed by atoms with Crippen molar-refractivity contribution in [2.45, 2.75) is 44.7 Å². The Balaban J connectivity index is 1.68. The topological polar surface area (TPSA) is 65.4 Å². The zero-order valence-corrected chi connectivity index (χ0v) is 15.1. The van der Waals surface area contributed by atoms with Crippen molar-refractivity contribution in [1.82, 2.24) is 9.55 Å². The molecule has 3 rings (SSSR count). The summed E-state index contributed by atoms with van der Waals surface area (Å²) in [5.74, 6) is 8.04. The smallest absolute Gasteiger partial charge is 0.161 e. The highest BCUT2D eigenvalue weighted by Gasteiger charge is 2.36. The predicted molar refractivity (Wildman–Crippen MR) is 104 cm³/mol. The van der Waals surface area contributed by atoms with E-state index in [0.29, 0.717) is 5.76 Å². The maximum atomic E-state index is 6.00. The Hall–Kier alpha value is -2.84. The molecule has 0 spiro atoms. The maximum absolute atomic E-state index is 6.00. The molecule has 1 aliphatic carbocycles.